The van der Waals surface area contributed by atoms with Gasteiger partial charge in [-0.15, -0.1) is 0 Å². The molecule has 0 atom stereocenters. The fourth-order valence-electron chi connectivity index (χ4n) is 4.66. The SMILES string of the molecule is CCc1nc2cnc3c(ccn3S(=O)(=O)c3ccc(C)cc3)c2n1N1CCC(CC#N)CC1. The van der Waals surface area contributed by atoms with Crippen molar-refractivity contribution in [2.24, 2.45) is 5.92 Å². The Hall–Kier alpha value is -3.38. The van der Waals surface area contributed by atoms with Crippen molar-refractivity contribution in [1.82, 2.24) is 18.6 Å². The second-order valence-corrected chi connectivity index (χ2v) is 10.4. The van der Waals surface area contributed by atoms with Crippen molar-refractivity contribution in [2.45, 2.75) is 44.4 Å². The zero-order chi connectivity index (χ0) is 23.2. The Bertz CT molecular complexity index is 1470. The Kier molecular flexibility index (Phi) is 5.33. The molecule has 1 fully saturated rings. The number of aryl methyl sites for hydroxylation is 2. The summed E-state index contributed by atoms with van der Waals surface area (Å²) in [6.45, 7) is 5.65. The van der Waals surface area contributed by atoms with Gasteiger partial charge in [0.15, 0.2) is 5.65 Å². The Morgan fingerprint density at radius 3 is 2.55 bits per heavy atom. The lowest BCUT2D eigenvalue weighted by molar-refractivity contribution is 0.368. The average molecular weight is 463 g/mol. The second kappa shape index (κ2) is 8.19. The summed E-state index contributed by atoms with van der Waals surface area (Å²) in [6, 6.07) is 10.9. The first kappa shape index (κ1) is 21.5. The van der Waals surface area contributed by atoms with Gasteiger partial charge in [0, 0.05) is 37.5 Å². The predicted octanol–water partition coefficient (Wildman–Crippen LogP) is 3.76. The molecule has 1 aliphatic heterocycles. The van der Waals surface area contributed by atoms with Crippen molar-refractivity contribution in [2.75, 3.05) is 18.1 Å². The molecule has 8 nitrogen and oxygen atoms in total. The molecular formula is C24H26N6O2S. The summed E-state index contributed by atoms with van der Waals surface area (Å²) in [5.74, 6) is 1.35. The largest absolute Gasteiger partial charge is 0.311 e. The lowest BCUT2D eigenvalue weighted by atomic mass is 9.95. The Labute approximate surface area is 193 Å². The van der Waals surface area contributed by atoms with Crippen LogP contribution in [-0.2, 0) is 16.4 Å². The molecule has 9 heteroatoms. The van der Waals surface area contributed by atoms with Crippen molar-refractivity contribution in [3.05, 3.63) is 54.1 Å². The predicted molar refractivity (Wildman–Crippen MR) is 127 cm³/mol. The highest BCUT2D eigenvalue weighted by Crippen LogP contribution is 2.30. The fraction of sp³-hybridized carbons (Fsp3) is 0.375. The molecule has 3 aromatic heterocycles. The van der Waals surface area contributed by atoms with Crippen LogP contribution in [0.3, 0.4) is 0 Å². The molecule has 0 N–H and O–H groups in total. The molecule has 0 spiro atoms. The number of benzene rings is 1. The monoisotopic (exact) mass is 462 g/mol. The highest BCUT2D eigenvalue weighted by molar-refractivity contribution is 7.90. The smallest absolute Gasteiger partial charge is 0.269 e. The van der Waals surface area contributed by atoms with Crippen LogP contribution < -0.4 is 5.01 Å². The van der Waals surface area contributed by atoms with Gasteiger partial charge in [-0.05, 0) is 43.9 Å². The summed E-state index contributed by atoms with van der Waals surface area (Å²) in [4.78, 5) is 9.53. The van der Waals surface area contributed by atoms with E-state index < -0.39 is 10.0 Å². The van der Waals surface area contributed by atoms with Gasteiger partial charge in [-0.25, -0.2) is 27.0 Å². The van der Waals surface area contributed by atoms with E-state index in [1.54, 1.807) is 36.7 Å². The molecule has 4 aromatic rings. The normalized spacial score (nSPS) is 15.4. The number of piperidine rings is 1. The Morgan fingerprint density at radius 1 is 1.15 bits per heavy atom. The zero-order valence-corrected chi connectivity index (χ0v) is 19.6. The Morgan fingerprint density at radius 2 is 1.88 bits per heavy atom. The summed E-state index contributed by atoms with van der Waals surface area (Å²) in [7, 11) is -3.78. The number of aromatic nitrogens is 4. The van der Waals surface area contributed by atoms with Gasteiger partial charge in [0.05, 0.1) is 17.2 Å². The van der Waals surface area contributed by atoms with Crippen molar-refractivity contribution in [3.8, 4) is 6.07 Å². The van der Waals surface area contributed by atoms with Gasteiger partial charge in [-0.1, -0.05) is 24.6 Å². The number of pyridine rings is 1. The molecule has 170 valence electrons. The van der Waals surface area contributed by atoms with Gasteiger partial charge in [-0.2, -0.15) is 5.26 Å². The molecule has 4 heterocycles. The third-order valence-corrected chi connectivity index (χ3v) is 8.17. The van der Waals surface area contributed by atoms with Crippen LogP contribution in [0.25, 0.3) is 22.1 Å². The van der Waals surface area contributed by atoms with Gasteiger partial charge in [0.25, 0.3) is 10.0 Å². The minimum atomic E-state index is -3.78. The minimum absolute atomic E-state index is 0.231. The Balaban J connectivity index is 1.64. The first-order valence-corrected chi connectivity index (χ1v) is 12.7. The van der Waals surface area contributed by atoms with Crippen LogP contribution in [0.4, 0.5) is 0 Å². The molecule has 0 bridgehead atoms. The summed E-state index contributed by atoms with van der Waals surface area (Å²) in [5, 5.41) is 12.1. The maximum atomic E-state index is 13.4. The summed E-state index contributed by atoms with van der Waals surface area (Å²) >= 11 is 0. The topological polar surface area (TPSA) is 96.8 Å². The number of fused-ring (bicyclic) bond motifs is 3. The van der Waals surface area contributed by atoms with E-state index in [1.165, 1.54) is 3.97 Å². The van der Waals surface area contributed by atoms with E-state index in [9.17, 15) is 8.42 Å². The molecule has 1 aromatic carbocycles. The third kappa shape index (κ3) is 3.55. The molecule has 0 unspecified atom stereocenters. The van der Waals surface area contributed by atoms with E-state index in [0.29, 0.717) is 18.0 Å². The maximum Gasteiger partial charge on any atom is 0.269 e. The lowest BCUT2D eigenvalue weighted by Crippen LogP contribution is -2.42. The van der Waals surface area contributed by atoms with Gasteiger partial charge < -0.3 is 5.01 Å². The molecule has 0 saturated carbocycles. The molecular weight excluding hydrogens is 436 g/mol. The number of nitriles is 1. The summed E-state index contributed by atoms with van der Waals surface area (Å²) in [5.41, 5.74) is 3.03. The fourth-order valence-corrected chi connectivity index (χ4v) is 5.96. The molecule has 0 amide bonds. The molecule has 33 heavy (non-hydrogen) atoms. The number of nitrogens with zero attached hydrogens (tertiary/aromatic N) is 6. The quantitative estimate of drug-likeness (QED) is 0.448. The van der Waals surface area contributed by atoms with Gasteiger partial charge in [-0.3, -0.25) is 0 Å². The van der Waals surface area contributed by atoms with E-state index >= 15 is 0 Å². The number of imidazole rings is 1. The van der Waals surface area contributed by atoms with Crippen LogP contribution in [0.15, 0.2) is 47.6 Å². The first-order valence-electron chi connectivity index (χ1n) is 11.3. The van der Waals surface area contributed by atoms with Gasteiger partial charge in [0.2, 0.25) is 0 Å². The third-order valence-electron chi connectivity index (χ3n) is 6.49. The number of rotatable bonds is 5. The number of hydrogen-bond acceptors (Lipinski definition) is 6. The second-order valence-electron chi connectivity index (χ2n) is 8.61. The summed E-state index contributed by atoms with van der Waals surface area (Å²) in [6.07, 6.45) is 6.48. The summed E-state index contributed by atoms with van der Waals surface area (Å²) < 4.78 is 30.1. The van der Waals surface area contributed by atoms with Crippen LogP contribution in [0.5, 0.6) is 0 Å². The highest BCUT2D eigenvalue weighted by atomic mass is 32.2. The van der Waals surface area contributed by atoms with Gasteiger partial charge >= 0.3 is 0 Å². The lowest BCUT2D eigenvalue weighted by Gasteiger charge is -2.34. The van der Waals surface area contributed by atoms with E-state index in [2.05, 4.69) is 27.7 Å². The highest BCUT2D eigenvalue weighted by Gasteiger charge is 2.26. The van der Waals surface area contributed by atoms with Crippen molar-refractivity contribution in [1.29, 1.82) is 5.26 Å². The first-order chi connectivity index (χ1) is 15.9. The van der Waals surface area contributed by atoms with Crippen LogP contribution in [0.1, 0.15) is 37.6 Å². The maximum absolute atomic E-state index is 13.4. The average Bonchev–Trinajstić information content (AvgIpc) is 3.41. The van der Waals surface area contributed by atoms with Crippen molar-refractivity contribution < 1.29 is 8.42 Å². The molecule has 1 saturated heterocycles. The van der Waals surface area contributed by atoms with Crippen LogP contribution in [-0.4, -0.2) is 40.1 Å². The van der Waals surface area contributed by atoms with Crippen molar-refractivity contribution >= 4 is 32.1 Å². The van der Waals surface area contributed by atoms with Crippen LogP contribution in [0, 0.1) is 24.2 Å². The molecule has 1 aliphatic rings. The zero-order valence-electron chi connectivity index (χ0n) is 18.8. The van der Waals surface area contributed by atoms with Gasteiger partial charge in [0.1, 0.15) is 16.9 Å². The van der Waals surface area contributed by atoms with Crippen molar-refractivity contribution in [3.63, 3.8) is 0 Å². The van der Waals surface area contributed by atoms with E-state index in [0.717, 1.165) is 60.2 Å². The van der Waals surface area contributed by atoms with E-state index in [4.69, 9.17) is 10.2 Å². The molecule has 0 radical (unpaired) electrons. The van der Waals surface area contributed by atoms with E-state index in [1.807, 2.05) is 13.0 Å². The molecule has 0 aliphatic carbocycles. The van der Waals surface area contributed by atoms with E-state index in [-0.39, 0.29) is 4.90 Å². The van der Waals surface area contributed by atoms with Crippen LogP contribution >= 0.6 is 0 Å². The molecule has 5 rings (SSSR count). The standard InChI is InChI=1S/C24H26N6O2S/c1-3-22-27-21-16-26-24-20(23(21)30(22)28-13-9-18(8-12-25)10-14-28)11-15-29(24)33(31,32)19-6-4-17(2)5-7-19/h4-7,11,15-16,18H,3,8-10,13-14H2,1-2H3. The van der Waals surface area contributed by atoms with Crippen LogP contribution in [0.2, 0.25) is 0 Å². The number of hydrogen-bond donors (Lipinski definition) is 0. The minimum Gasteiger partial charge on any atom is -0.311 e.